The number of rotatable bonds is 15. The van der Waals surface area contributed by atoms with Gasteiger partial charge in [0.25, 0.3) is 23.6 Å². The lowest BCUT2D eigenvalue weighted by Crippen LogP contribution is -2.48. The van der Waals surface area contributed by atoms with E-state index in [1.165, 1.54) is 25.1 Å². The summed E-state index contributed by atoms with van der Waals surface area (Å²) in [6.07, 6.45) is 10.5. The summed E-state index contributed by atoms with van der Waals surface area (Å²) in [6.45, 7) is 36.7. The molecule has 0 saturated carbocycles. The number of aromatic nitrogens is 14. The van der Waals surface area contributed by atoms with Crippen LogP contribution in [-0.4, -0.2) is 172 Å². The Morgan fingerprint density at radius 2 is 0.754 bits per heavy atom. The fraction of sp³-hybridized carbons (Fsp3) is 0.433. The van der Waals surface area contributed by atoms with Crippen LogP contribution in [0.15, 0.2) is 83.3 Å². The molecule has 19 rings (SSSR count). The van der Waals surface area contributed by atoms with Gasteiger partial charge in [0.2, 0.25) is 5.89 Å². The summed E-state index contributed by atoms with van der Waals surface area (Å²) in [5, 5.41) is 26.2. The summed E-state index contributed by atoms with van der Waals surface area (Å²) < 4.78 is 116. The molecule has 14 heterocycles. The monoisotopic (exact) mass is 1860 g/mol. The van der Waals surface area contributed by atoms with Crippen molar-refractivity contribution >= 4 is 96.1 Å². The van der Waals surface area contributed by atoms with Crippen molar-refractivity contribution in [3.8, 4) is 45.8 Å². The van der Waals surface area contributed by atoms with E-state index in [9.17, 15) is 27.2 Å². The molecule has 0 aliphatic carbocycles. The number of carbonyl (C=O) groups excluding carboxylic acids is 4. The summed E-state index contributed by atoms with van der Waals surface area (Å²) in [6, 6.07) is 18.1. The molecule has 0 radical (unpaired) electrons. The number of aryl methyl sites for hydroxylation is 15. The van der Waals surface area contributed by atoms with Crippen LogP contribution in [0, 0.1) is 98.3 Å². The number of nitrogen functional groups attached to an aromatic ring is 1. The quantitative estimate of drug-likeness (QED) is 0.0416. The Hall–Kier alpha value is -12.9. The molecule has 3 N–H and O–H groups in total. The first kappa shape index (κ1) is 98.6. The summed E-state index contributed by atoms with van der Waals surface area (Å²) >= 11 is 6.19. The smallest absolute Gasteiger partial charge is 0.373 e. The molecule has 14 aromatic rings. The number of piperidine rings is 3. The molecule has 9 aromatic heterocycles. The van der Waals surface area contributed by atoms with E-state index in [1.54, 1.807) is 59.7 Å². The zero-order valence-electron chi connectivity index (χ0n) is 78.0. The van der Waals surface area contributed by atoms with E-state index >= 15 is 4.39 Å². The maximum atomic E-state index is 15.1. The molecule has 134 heavy (non-hydrogen) atoms. The van der Waals surface area contributed by atoms with Crippen LogP contribution in [0.5, 0.6) is 0 Å². The first-order chi connectivity index (χ1) is 64.3. The highest BCUT2D eigenvalue weighted by molar-refractivity contribution is 6.32. The average molecular weight is 1860 g/mol. The lowest BCUT2D eigenvalue weighted by Gasteiger charge is -2.38. The third-order valence-electron chi connectivity index (χ3n) is 24.3. The van der Waals surface area contributed by atoms with Gasteiger partial charge in [0.15, 0.2) is 40.7 Å². The number of fused-ring (bicyclic) bond motifs is 4. The Bertz CT molecular complexity index is 6600. The standard InChI is InChI=1S/C25H32FN5O2.C22H25FN4O3.C20H21FN4O2.C15H13ClFN3O.C10H12FNO.C4H6N2O.CO2/c1-4-17-13-20-15(2)22(25-27-16(3)30-33-25)24(29-23(20)21(26)14-17)31-9-5-18(6-10-31)28-19-7-11-32-12-8-19;1-4-15-11-16-13(2)18(21-24-14(3)26-30-21)20(25-19(16)17(23)12-15)27-7-5-22(6-8-27)28-9-10-29-22;1-4-13-9-15-11(2)17(20-22-12(3)24-27-20)19(23-18(15)16(21)10-13)25-7-5-14(26)6-8-25;1-4-9-5-10-7(2)12(15-18-8(3)20-21-15)14(16)19-13(10)11(17)6-9;1-3-7-4-8(6(2)13)10(12)9(11)5-7;1-3-5-4(2)7-6-3;2-1-3/h13-14,18-19,28H,4-12H2,1-3H3;11-12H,4-10H2,1-3H3;9-10H,4-8H2,1-3H3;5-6H,4H2,1-3H3;4-5H,3,12H2,1-2H3;1-2H3;. The van der Waals surface area contributed by atoms with Gasteiger partial charge >= 0.3 is 6.15 Å². The second kappa shape index (κ2) is 43.9. The van der Waals surface area contributed by atoms with Crippen LogP contribution in [0.2, 0.25) is 5.15 Å². The molecule has 5 aromatic carbocycles. The van der Waals surface area contributed by atoms with E-state index < -0.39 is 11.6 Å². The number of halogens is 6. The van der Waals surface area contributed by atoms with Crippen molar-refractivity contribution < 1.29 is 78.0 Å². The maximum Gasteiger partial charge on any atom is 0.373 e. The molecule has 5 aliphatic heterocycles. The number of carbonyl (C=O) groups is 2. The summed E-state index contributed by atoms with van der Waals surface area (Å²) in [4.78, 5) is 85.1. The largest absolute Gasteiger partial charge is 0.396 e. The Kier molecular flexibility index (Phi) is 32.3. The van der Waals surface area contributed by atoms with Crippen LogP contribution in [0.4, 0.5) is 45.1 Å². The van der Waals surface area contributed by atoms with E-state index in [2.05, 4.69) is 80.3 Å². The molecule has 0 amide bonds. The third-order valence-corrected chi connectivity index (χ3v) is 24.6. The number of nitrogens with zero attached hydrogens (tertiary/aromatic N) is 17. The van der Waals surface area contributed by atoms with Crippen LogP contribution < -0.4 is 25.8 Å². The number of benzene rings is 5. The number of anilines is 4. The molecule has 5 aliphatic rings. The number of hydrogen-bond donors (Lipinski definition) is 2. The normalized spacial score (nSPS) is 15.0. The lowest BCUT2D eigenvalue weighted by molar-refractivity contribution is -0.191. The number of nitrogens with one attached hydrogen (secondary N) is 1. The lowest BCUT2D eigenvalue weighted by atomic mass is 9.98. The minimum Gasteiger partial charge on any atom is -0.396 e. The van der Waals surface area contributed by atoms with Gasteiger partial charge in [0, 0.05) is 124 Å². The Labute approximate surface area is 775 Å². The number of ketones is 2. The predicted octanol–water partition coefficient (Wildman–Crippen LogP) is 18.6. The van der Waals surface area contributed by atoms with E-state index in [0.717, 1.165) is 174 Å². The third kappa shape index (κ3) is 22.6. The summed E-state index contributed by atoms with van der Waals surface area (Å²) in [7, 11) is 0. The van der Waals surface area contributed by atoms with E-state index in [-0.39, 0.29) is 62.9 Å². The average Bonchev–Trinajstić information content (AvgIpc) is 1.31. The van der Waals surface area contributed by atoms with Crippen molar-refractivity contribution in [1.29, 1.82) is 0 Å². The molecular formula is C97H109ClF5N19O12. The van der Waals surface area contributed by atoms with Crippen molar-refractivity contribution in [2.24, 2.45) is 0 Å². The molecular weight excluding hydrogens is 1750 g/mol. The van der Waals surface area contributed by atoms with Crippen molar-refractivity contribution in [1.82, 2.24) is 76.0 Å². The SMILES string of the molecule is CCc1cc(F)c(N)c(C(C)=O)c1.CCc1cc(F)c2nc(Cl)c(-c3nc(C)no3)c(C)c2c1.CCc1cc(F)c2nc(N3CCC(=O)CC3)c(-c3nc(C)no3)c(C)c2c1.CCc1cc(F)c2nc(N3CCC(NC4CCOCC4)CC3)c(-c3nc(C)no3)c(C)c2c1.CCc1cc(F)c2nc(N3CCC4(CC3)OCCO4)c(-c3nc(C)no3)c(C)c2c1.Cc1noc(C)n1.O=C=O. The number of nitrogens with two attached hydrogens (primary N) is 1. The van der Waals surface area contributed by atoms with Gasteiger partial charge in [-0.1, -0.05) is 72.0 Å². The number of ether oxygens (including phenoxy) is 3. The van der Waals surface area contributed by atoms with Crippen molar-refractivity contribution in [2.75, 3.05) is 86.1 Å². The molecule has 31 nitrogen and oxygen atoms in total. The van der Waals surface area contributed by atoms with Gasteiger partial charge in [-0.15, -0.1) is 0 Å². The predicted molar refractivity (Wildman–Crippen MR) is 494 cm³/mol. The molecule has 5 fully saturated rings. The highest BCUT2D eigenvalue weighted by atomic mass is 35.5. The highest BCUT2D eigenvalue weighted by Gasteiger charge is 2.42. The minimum absolute atomic E-state index is 0.0512. The molecule has 37 heteroatoms. The first-order valence-electron chi connectivity index (χ1n) is 44.9. The van der Waals surface area contributed by atoms with Crippen molar-refractivity contribution in [2.45, 2.75) is 212 Å². The van der Waals surface area contributed by atoms with Gasteiger partial charge in [0.05, 0.1) is 41.2 Å². The zero-order valence-corrected chi connectivity index (χ0v) is 78.8. The molecule has 0 atom stereocenters. The summed E-state index contributed by atoms with van der Waals surface area (Å²) in [5.41, 5.74) is 17.8. The first-order valence-corrected chi connectivity index (χ1v) is 45.3. The number of hydrogen-bond acceptors (Lipinski definition) is 31. The zero-order chi connectivity index (χ0) is 96.1. The fourth-order valence-corrected chi connectivity index (χ4v) is 17.3. The van der Waals surface area contributed by atoms with Gasteiger partial charge in [-0.25, -0.2) is 41.9 Å². The Morgan fingerprint density at radius 1 is 0.433 bits per heavy atom. The van der Waals surface area contributed by atoms with Crippen molar-refractivity contribution in [3.05, 3.63) is 186 Å². The van der Waals surface area contributed by atoms with Gasteiger partial charge < -0.3 is 62.6 Å². The minimum atomic E-state index is -0.510. The fourth-order valence-electron chi connectivity index (χ4n) is 17.0. The molecule has 5 saturated heterocycles. The van der Waals surface area contributed by atoms with Crippen LogP contribution in [0.1, 0.15) is 188 Å². The van der Waals surface area contributed by atoms with Crippen molar-refractivity contribution in [3.63, 3.8) is 0 Å². The number of pyridine rings is 4. The van der Waals surface area contributed by atoms with Gasteiger partial charge in [-0.2, -0.15) is 34.5 Å². The Balaban J connectivity index is 0.000000141. The van der Waals surface area contributed by atoms with Gasteiger partial charge in [-0.3, -0.25) is 9.59 Å². The summed E-state index contributed by atoms with van der Waals surface area (Å²) in [5.74, 6) is 4.72. The highest BCUT2D eigenvalue weighted by Crippen LogP contribution is 2.44. The second-order valence-electron chi connectivity index (χ2n) is 33.4. The van der Waals surface area contributed by atoms with Gasteiger partial charge in [0.1, 0.15) is 79.5 Å². The number of Topliss-reactive ketones (excluding diaryl/α,β-unsaturated/α-hetero) is 2. The molecule has 1 spiro atoms. The van der Waals surface area contributed by atoms with Crippen LogP contribution in [-0.2, 0) is 60.7 Å². The van der Waals surface area contributed by atoms with E-state index in [4.69, 9.17) is 69.2 Å². The van der Waals surface area contributed by atoms with Crippen LogP contribution in [0.25, 0.3) is 89.4 Å². The topological polar surface area (TPSA) is 390 Å². The van der Waals surface area contributed by atoms with E-state index in [0.29, 0.717) is 174 Å². The second-order valence-corrected chi connectivity index (χ2v) is 33.8. The Morgan fingerprint density at radius 3 is 1.09 bits per heavy atom. The molecule has 706 valence electrons. The maximum absolute atomic E-state index is 15.1. The van der Waals surface area contributed by atoms with Gasteiger partial charge in [-0.05, 0) is 238 Å². The van der Waals surface area contributed by atoms with E-state index in [1.807, 2.05) is 91.5 Å². The van der Waals surface area contributed by atoms with Crippen LogP contribution in [0.3, 0.4) is 0 Å². The molecule has 0 unspecified atom stereocenters. The molecule has 0 bridgehead atoms. The van der Waals surface area contributed by atoms with Crippen LogP contribution >= 0.6 is 11.6 Å².